The van der Waals surface area contributed by atoms with E-state index in [-0.39, 0.29) is 6.85 Å². The fourth-order valence-electron chi connectivity index (χ4n) is 7.94. The Bertz CT molecular complexity index is 2630. The van der Waals surface area contributed by atoms with Crippen molar-refractivity contribution in [3.8, 4) is 16.8 Å². The van der Waals surface area contributed by atoms with Crippen LogP contribution >= 0.6 is 0 Å². The average molecular weight is 510 g/mol. The number of para-hydroxylation sites is 4. The van der Waals surface area contributed by atoms with E-state index in [0.717, 1.165) is 33.2 Å². The lowest BCUT2D eigenvalue weighted by Gasteiger charge is -2.33. The summed E-state index contributed by atoms with van der Waals surface area (Å²) in [5, 5.41) is 5.92. The molecule has 0 bridgehead atoms. The van der Waals surface area contributed by atoms with Gasteiger partial charge in [-0.2, -0.15) is 0 Å². The molecular weight excluding hydrogens is 491 g/mol. The Hall–Kier alpha value is -5.16. The van der Waals surface area contributed by atoms with Crippen molar-refractivity contribution >= 4 is 83.7 Å². The molecule has 9 aromatic rings. The second-order valence-corrected chi connectivity index (χ2v) is 11.4. The van der Waals surface area contributed by atoms with Crippen LogP contribution in [0.1, 0.15) is 5.56 Å². The van der Waals surface area contributed by atoms with Crippen molar-refractivity contribution in [1.82, 2.24) is 9.05 Å². The predicted octanol–water partition coefficient (Wildman–Crippen LogP) is 7.64. The van der Waals surface area contributed by atoms with E-state index < -0.39 is 0 Å². The maximum atomic E-state index is 6.64. The zero-order chi connectivity index (χ0) is 25.9. The highest BCUT2D eigenvalue weighted by atomic mass is 16.3. The van der Waals surface area contributed by atoms with Crippen LogP contribution in [-0.4, -0.2) is 15.9 Å². The summed E-state index contributed by atoms with van der Waals surface area (Å²) in [6.45, 7) is 2.22. The lowest BCUT2D eigenvalue weighted by Crippen LogP contribution is -2.55. The lowest BCUT2D eigenvalue weighted by molar-refractivity contribution is 0.645. The van der Waals surface area contributed by atoms with Gasteiger partial charge < -0.3 is 13.3 Å². The van der Waals surface area contributed by atoms with Gasteiger partial charge >= 0.3 is 6.85 Å². The van der Waals surface area contributed by atoms with Crippen molar-refractivity contribution in [3.63, 3.8) is 0 Å². The molecule has 0 saturated heterocycles. The maximum Gasteiger partial charge on any atom is 0.333 e. The molecule has 184 valence electrons. The highest BCUT2D eigenvalue weighted by molar-refractivity contribution is 6.90. The molecular formula is C35H19BN2O2. The SMILES string of the molecule is Cc1cc2c3c(c1)-n1c4oc5ccccc5c4c4cccc(c41)B3n1c3c-2cccc3c2oc3ccccc3c21. The van der Waals surface area contributed by atoms with Crippen molar-refractivity contribution in [2.45, 2.75) is 6.92 Å². The molecule has 0 saturated carbocycles. The summed E-state index contributed by atoms with van der Waals surface area (Å²) >= 11 is 0. The second kappa shape index (κ2) is 6.35. The van der Waals surface area contributed by atoms with Gasteiger partial charge in [-0.25, -0.2) is 0 Å². The van der Waals surface area contributed by atoms with E-state index in [9.17, 15) is 0 Å². The summed E-state index contributed by atoms with van der Waals surface area (Å²) < 4.78 is 18.2. The molecule has 2 aliphatic heterocycles. The first kappa shape index (κ1) is 19.8. The van der Waals surface area contributed by atoms with Gasteiger partial charge in [-0.3, -0.25) is 4.57 Å². The fraction of sp³-hybridized carbons (Fsp3) is 0.0286. The largest absolute Gasteiger partial charge is 0.454 e. The van der Waals surface area contributed by atoms with Gasteiger partial charge in [0.05, 0.1) is 16.4 Å². The van der Waals surface area contributed by atoms with Crippen molar-refractivity contribution < 1.29 is 8.83 Å². The molecule has 5 heteroatoms. The van der Waals surface area contributed by atoms with Gasteiger partial charge in [-0.15, -0.1) is 0 Å². The van der Waals surface area contributed by atoms with Crippen LogP contribution in [0.2, 0.25) is 0 Å². The molecule has 40 heavy (non-hydrogen) atoms. The Morgan fingerprint density at radius 2 is 1.38 bits per heavy atom. The molecule has 0 radical (unpaired) electrons. The van der Waals surface area contributed by atoms with Gasteiger partial charge in [-0.05, 0) is 59.3 Å². The smallest absolute Gasteiger partial charge is 0.333 e. The highest BCUT2D eigenvalue weighted by Crippen LogP contribution is 2.46. The van der Waals surface area contributed by atoms with Crippen LogP contribution < -0.4 is 10.9 Å². The zero-order valence-corrected chi connectivity index (χ0v) is 21.5. The fourth-order valence-corrected chi connectivity index (χ4v) is 7.94. The molecule has 0 unspecified atom stereocenters. The van der Waals surface area contributed by atoms with Crippen LogP contribution in [0.3, 0.4) is 0 Å². The molecule has 0 spiro atoms. The summed E-state index contributed by atoms with van der Waals surface area (Å²) in [5.41, 5.74) is 15.0. The van der Waals surface area contributed by atoms with Gasteiger partial charge in [0.15, 0.2) is 5.58 Å². The number of hydrogen-bond acceptors (Lipinski definition) is 2. The quantitative estimate of drug-likeness (QED) is 0.197. The Labute approximate surface area is 227 Å². The van der Waals surface area contributed by atoms with Crippen molar-refractivity contribution in [2.75, 3.05) is 0 Å². The second-order valence-electron chi connectivity index (χ2n) is 11.4. The minimum absolute atomic E-state index is 0.0166. The molecule has 4 nitrogen and oxygen atoms in total. The summed E-state index contributed by atoms with van der Waals surface area (Å²) in [7, 11) is 0. The van der Waals surface area contributed by atoms with Gasteiger partial charge in [0.25, 0.3) is 0 Å². The number of benzene rings is 5. The van der Waals surface area contributed by atoms with Gasteiger partial charge in [0, 0.05) is 38.3 Å². The number of aromatic nitrogens is 2. The number of hydrogen-bond donors (Lipinski definition) is 0. The average Bonchev–Trinajstić information content (AvgIpc) is 3.71. The molecule has 11 rings (SSSR count). The molecule has 2 aliphatic rings. The summed E-state index contributed by atoms with van der Waals surface area (Å²) in [6, 6.07) is 35.0. The summed E-state index contributed by atoms with van der Waals surface area (Å²) in [6.07, 6.45) is 0. The van der Waals surface area contributed by atoms with E-state index in [1.54, 1.807) is 0 Å². The predicted molar refractivity (Wildman–Crippen MR) is 164 cm³/mol. The first-order valence-electron chi connectivity index (χ1n) is 13.8. The number of rotatable bonds is 0. The van der Waals surface area contributed by atoms with Crippen LogP contribution in [0, 0.1) is 6.92 Å². The maximum absolute atomic E-state index is 6.64. The molecule has 0 amide bonds. The summed E-state index contributed by atoms with van der Waals surface area (Å²) in [5.74, 6) is 0. The van der Waals surface area contributed by atoms with Gasteiger partial charge in [0.1, 0.15) is 11.2 Å². The molecule has 6 heterocycles. The first-order valence-corrected chi connectivity index (χ1v) is 13.8. The van der Waals surface area contributed by atoms with Gasteiger partial charge in [0.2, 0.25) is 5.71 Å². The van der Waals surface area contributed by atoms with E-state index in [1.807, 2.05) is 6.07 Å². The molecule has 0 aliphatic carbocycles. The lowest BCUT2D eigenvalue weighted by atomic mass is 9.45. The third-order valence-electron chi connectivity index (χ3n) is 9.33. The number of fused-ring (bicyclic) bond motifs is 14. The Morgan fingerprint density at radius 3 is 2.27 bits per heavy atom. The van der Waals surface area contributed by atoms with Crippen LogP contribution in [0.15, 0.2) is 106 Å². The van der Waals surface area contributed by atoms with Gasteiger partial charge in [-0.1, -0.05) is 66.7 Å². The molecule has 0 fully saturated rings. The van der Waals surface area contributed by atoms with Crippen LogP contribution in [-0.2, 0) is 0 Å². The molecule has 4 aromatic heterocycles. The van der Waals surface area contributed by atoms with Crippen LogP contribution in [0.5, 0.6) is 0 Å². The van der Waals surface area contributed by atoms with E-state index >= 15 is 0 Å². The Kier molecular flexibility index (Phi) is 3.15. The minimum Gasteiger partial charge on any atom is -0.454 e. The van der Waals surface area contributed by atoms with E-state index in [1.165, 1.54) is 66.0 Å². The first-order chi connectivity index (χ1) is 19.8. The summed E-state index contributed by atoms with van der Waals surface area (Å²) in [4.78, 5) is 0. The Morgan fingerprint density at radius 1 is 0.625 bits per heavy atom. The normalized spacial score (nSPS) is 13.6. The minimum atomic E-state index is 0.0166. The monoisotopic (exact) mass is 510 g/mol. The Balaban J connectivity index is 1.43. The third kappa shape index (κ3) is 2.01. The van der Waals surface area contributed by atoms with Crippen molar-refractivity contribution in [2.24, 2.45) is 0 Å². The van der Waals surface area contributed by atoms with Crippen molar-refractivity contribution in [3.05, 3.63) is 103 Å². The number of aryl methyl sites for hydroxylation is 1. The van der Waals surface area contributed by atoms with E-state index in [2.05, 4.69) is 107 Å². The third-order valence-corrected chi connectivity index (χ3v) is 9.33. The van der Waals surface area contributed by atoms with E-state index in [0.29, 0.717) is 0 Å². The van der Waals surface area contributed by atoms with Crippen molar-refractivity contribution in [1.29, 1.82) is 0 Å². The van der Waals surface area contributed by atoms with Crippen LogP contribution in [0.4, 0.5) is 0 Å². The highest BCUT2D eigenvalue weighted by Gasteiger charge is 2.42. The molecule has 5 aromatic carbocycles. The number of nitrogens with zero attached hydrogens (tertiary/aromatic N) is 2. The number of furan rings is 2. The molecule has 0 atom stereocenters. The molecule has 0 N–H and O–H groups in total. The standard InChI is InChI=1S/C35H19BN2O2/c1-18-16-24-19-10-6-12-23-31(19)38(33-21-9-3-5-15-28(21)39-34(23)33)36-25-13-7-11-22-29-20-8-2-4-14-27(20)40-35(29)37(32(22)25)26(17-18)30(24)36/h2-17H,1H3. The topological polar surface area (TPSA) is 36.1 Å². The van der Waals surface area contributed by atoms with Crippen LogP contribution in [0.25, 0.3) is 82.8 Å². The zero-order valence-electron chi connectivity index (χ0n) is 21.5. The van der Waals surface area contributed by atoms with E-state index in [4.69, 9.17) is 8.83 Å².